The zero-order chi connectivity index (χ0) is 13.7. The minimum Gasteiger partial charge on any atom is -0.484 e. The predicted octanol–water partition coefficient (Wildman–Crippen LogP) is 0.655. The van der Waals surface area contributed by atoms with Crippen molar-refractivity contribution in [1.29, 1.82) is 0 Å². The van der Waals surface area contributed by atoms with E-state index < -0.39 is 0 Å². The molecule has 0 saturated carbocycles. The van der Waals surface area contributed by atoms with Gasteiger partial charge in [-0.1, -0.05) is 11.2 Å². The number of hydrogen-bond donors (Lipinski definition) is 2. The van der Waals surface area contributed by atoms with Gasteiger partial charge in [0.2, 0.25) is 5.89 Å². The lowest BCUT2D eigenvalue weighted by atomic mass is 10.3. The number of amides is 1. The van der Waals surface area contributed by atoms with E-state index in [9.17, 15) is 4.79 Å². The Morgan fingerprint density at radius 2 is 2.37 bits per heavy atom. The van der Waals surface area contributed by atoms with Crippen molar-refractivity contribution < 1.29 is 14.1 Å². The standard InChI is InChI=1S/C12H14N4O3/c1-8-15-12(19-16-8)6-14-11(17)7-18-10-4-2-3-9(13)5-10/h2-5H,6-7,13H2,1H3,(H,14,17). The lowest BCUT2D eigenvalue weighted by Gasteiger charge is -2.06. The smallest absolute Gasteiger partial charge is 0.258 e. The molecule has 2 rings (SSSR count). The van der Waals surface area contributed by atoms with E-state index in [0.29, 0.717) is 23.2 Å². The Balaban J connectivity index is 1.75. The van der Waals surface area contributed by atoms with Gasteiger partial charge in [0.25, 0.3) is 5.91 Å². The molecule has 7 heteroatoms. The van der Waals surface area contributed by atoms with E-state index in [1.165, 1.54) is 0 Å². The molecule has 0 atom stereocenters. The van der Waals surface area contributed by atoms with Gasteiger partial charge in [-0.15, -0.1) is 0 Å². The molecule has 0 unspecified atom stereocenters. The number of rotatable bonds is 5. The third-order valence-electron chi connectivity index (χ3n) is 2.23. The van der Waals surface area contributed by atoms with Gasteiger partial charge in [-0.3, -0.25) is 4.79 Å². The second-order valence-corrected chi connectivity index (χ2v) is 3.87. The summed E-state index contributed by atoms with van der Waals surface area (Å²) in [5.41, 5.74) is 6.18. The molecule has 0 aliphatic heterocycles. The van der Waals surface area contributed by atoms with Crippen molar-refractivity contribution in [2.24, 2.45) is 0 Å². The molecule has 100 valence electrons. The van der Waals surface area contributed by atoms with E-state index in [1.807, 2.05) is 0 Å². The Hall–Kier alpha value is -2.57. The molecule has 0 bridgehead atoms. The highest BCUT2D eigenvalue weighted by atomic mass is 16.5. The van der Waals surface area contributed by atoms with Crippen molar-refractivity contribution in [3.63, 3.8) is 0 Å². The Morgan fingerprint density at radius 1 is 1.53 bits per heavy atom. The summed E-state index contributed by atoms with van der Waals surface area (Å²) in [6.45, 7) is 1.79. The van der Waals surface area contributed by atoms with E-state index in [0.717, 1.165) is 0 Å². The second-order valence-electron chi connectivity index (χ2n) is 3.87. The average molecular weight is 262 g/mol. The highest BCUT2D eigenvalue weighted by Gasteiger charge is 2.06. The molecule has 2 aromatic rings. The van der Waals surface area contributed by atoms with Crippen molar-refractivity contribution in [3.8, 4) is 5.75 Å². The van der Waals surface area contributed by atoms with Gasteiger partial charge in [0.15, 0.2) is 12.4 Å². The van der Waals surface area contributed by atoms with Crippen LogP contribution < -0.4 is 15.8 Å². The van der Waals surface area contributed by atoms with Gasteiger partial charge in [-0.25, -0.2) is 0 Å². The van der Waals surface area contributed by atoms with Crippen LogP contribution in [0.1, 0.15) is 11.7 Å². The molecular formula is C12H14N4O3. The summed E-state index contributed by atoms with van der Waals surface area (Å²) in [7, 11) is 0. The molecule has 0 aliphatic carbocycles. The SMILES string of the molecule is Cc1noc(CNC(=O)COc2cccc(N)c2)n1. The van der Waals surface area contributed by atoms with Crippen LogP contribution >= 0.6 is 0 Å². The Kier molecular flexibility index (Phi) is 3.97. The van der Waals surface area contributed by atoms with Crippen LogP contribution in [0.3, 0.4) is 0 Å². The van der Waals surface area contributed by atoms with Crippen molar-refractivity contribution in [1.82, 2.24) is 15.5 Å². The molecule has 3 N–H and O–H groups in total. The maximum atomic E-state index is 11.5. The number of nitrogens with two attached hydrogens (primary N) is 1. The molecule has 1 aromatic carbocycles. The number of benzene rings is 1. The Bertz CT molecular complexity index is 568. The van der Waals surface area contributed by atoms with Gasteiger partial charge in [0, 0.05) is 11.8 Å². The number of ether oxygens (including phenoxy) is 1. The number of carbonyl (C=O) groups is 1. The monoisotopic (exact) mass is 262 g/mol. The third kappa shape index (κ3) is 3.98. The molecule has 0 aliphatic rings. The average Bonchev–Trinajstić information content (AvgIpc) is 2.80. The number of aromatic nitrogens is 2. The van der Waals surface area contributed by atoms with E-state index in [4.69, 9.17) is 15.0 Å². The number of aryl methyl sites for hydroxylation is 1. The zero-order valence-electron chi connectivity index (χ0n) is 10.4. The predicted molar refractivity (Wildman–Crippen MR) is 67.2 cm³/mol. The number of carbonyl (C=O) groups excluding carboxylic acids is 1. The normalized spacial score (nSPS) is 10.2. The maximum Gasteiger partial charge on any atom is 0.258 e. The third-order valence-corrected chi connectivity index (χ3v) is 2.23. The molecule has 1 heterocycles. The molecule has 0 spiro atoms. The van der Waals surface area contributed by atoms with Gasteiger partial charge >= 0.3 is 0 Å². The van der Waals surface area contributed by atoms with Crippen molar-refractivity contribution in [2.45, 2.75) is 13.5 Å². The molecular weight excluding hydrogens is 248 g/mol. The van der Waals surface area contributed by atoms with Crippen molar-refractivity contribution >= 4 is 11.6 Å². The fraction of sp³-hybridized carbons (Fsp3) is 0.250. The summed E-state index contributed by atoms with van der Waals surface area (Å²) < 4.78 is 10.1. The van der Waals surface area contributed by atoms with Crippen LogP contribution in [0.15, 0.2) is 28.8 Å². The number of nitrogens with zero attached hydrogens (tertiary/aromatic N) is 2. The summed E-state index contributed by atoms with van der Waals surface area (Å²) >= 11 is 0. The number of nitrogen functional groups attached to an aromatic ring is 1. The van der Waals surface area contributed by atoms with Gasteiger partial charge < -0.3 is 20.3 Å². The van der Waals surface area contributed by atoms with E-state index in [2.05, 4.69) is 15.5 Å². The Labute approximate surface area is 109 Å². The van der Waals surface area contributed by atoms with Crippen molar-refractivity contribution in [3.05, 3.63) is 36.0 Å². The summed E-state index contributed by atoms with van der Waals surface area (Å²) in [5.74, 6) is 1.15. The van der Waals surface area contributed by atoms with E-state index in [1.54, 1.807) is 31.2 Å². The van der Waals surface area contributed by atoms with Crippen LogP contribution in [-0.2, 0) is 11.3 Å². The van der Waals surface area contributed by atoms with Crippen LogP contribution in [-0.4, -0.2) is 22.7 Å². The van der Waals surface area contributed by atoms with Crippen LogP contribution in [0, 0.1) is 6.92 Å². The van der Waals surface area contributed by atoms with Crippen LogP contribution in [0.25, 0.3) is 0 Å². The first-order chi connectivity index (χ1) is 9.13. The fourth-order valence-electron chi connectivity index (χ4n) is 1.39. The first kappa shape index (κ1) is 12.9. The quantitative estimate of drug-likeness (QED) is 0.767. The highest BCUT2D eigenvalue weighted by molar-refractivity contribution is 5.77. The largest absolute Gasteiger partial charge is 0.484 e. The van der Waals surface area contributed by atoms with Gasteiger partial charge in [0.1, 0.15) is 5.75 Å². The highest BCUT2D eigenvalue weighted by Crippen LogP contribution is 2.13. The van der Waals surface area contributed by atoms with Gasteiger partial charge in [-0.05, 0) is 19.1 Å². The first-order valence-electron chi connectivity index (χ1n) is 5.68. The fourth-order valence-corrected chi connectivity index (χ4v) is 1.39. The molecule has 1 aromatic heterocycles. The zero-order valence-corrected chi connectivity index (χ0v) is 10.4. The summed E-state index contributed by atoms with van der Waals surface area (Å²) in [5, 5.41) is 6.22. The molecule has 0 saturated heterocycles. The summed E-state index contributed by atoms with van der Waals surface area (Å²) in [6.07, 6.45) is 0. The van der Waals surface area contributed by atoms with Crippen LogP contribution in [0.2, 0.25) is 0 Å². The van der Waals surface area contributed by atoms with E-state index >= 15 is 0 Å². The molecule has 0 radical (unpaired) electrons. The van der Waals surface area contributed by atoms with Crippen LogP contribution in [0.5, 0.6) is 5.75 Å². The maximum absolute atomic E-state index is 11.5. The number of nitrogens with one attached hydrogen (secondary N) is 1. The molecule has 1 amide bonds. The minimum atomic E-state index is -0.279. The van der Waals surface area contributed by atoms with Gasteiger partial charge in [-0.2, -0.15) is 4.98 Å². The molecule has 19 heavy (non-hydrogen) atoms. The van der Waals surface area contributed by atoms with Crippen molar-refractivity contribution in [2.75, 3.05) is 12.3 Å². The summed E-state index contributed by atoms with van der Waals surface area (Å²) in [6, 6.07) is 6.87. The minimum absolute atomic E-state index is 0.101. The second kappa shape index (κ2) is 5.85. The first-order valence-corrected chi connectivity index (χ1v) is 5.68. The van der Waals surface area contributed by atoms with Gasteiger partial charge in [0.05, 0.1) is 6.54 Å². The lowest BCUT2D eigenvalue weighted by Crippen LogP contribution is -2.28. The topological polar surface area (TPSA) is 103 Å². The van der Waals surface area contributed by atoms with E-state index in [-0.39, 0.29) is 19.1 Å². The lowest BCUT2D eigenvalue weighted by molar-refractivity contribution is -0.123. The number of hydrogen-bond acceptors (Lipinski definition) is 6. The molecule has 0 fully saturated rings. The number of anilines is 1. The van der Waals surface area contributed by atoms with Crippen LogP contribution in [0.4, 0.5) is 5.69 Å². The summed E-state index contributed by atoms with van der Waals surface area (Å²) in [4.78, 5) is 15.5. The Morgan fingerprint density at radius 3 is 3.05 bits per heavy atom. The molecule has 7 nitrogen and oxygen atoms in total.